The van der Waals surface area contributed by atoms with Gasteiger partial charge in [0.05, 0.1) is 5.52 Å². The lowest BCUT2D eigenvalue weighted by atomic mass is 9.95. The van der Waals surface area contributed by atoms with Crippen LogP contribution in [0.4, 0.5) is 14.6 Å². The molecule has 2 aliphatic carbocycles. The quantitative estimate of drug-likeness (QED) is 0.304. The monoisotopic (exact) mass is 533 g/mol. The van der Waals surface area contributed by atoms with E-state index in [4.69, 9.17) is 4.74 Å². The molecule has 3 aromatic rings. The molecule has 39 heavy (non-hydrogen) atoms. The molecule has 1 aliphatic heterocycles. The van der Waals surface area contributed by atoms with E-state index >= 15 is 4.39 Å². The van der Waals surface area contributed by atoms with Gasteiger partial charge in [-0.15, -0.1) is 0 Å². The highest BCUT2D eigenvalue weighted by molar-refractivity contribution is 5.93. The van der Waals surface area contributed by atoms with Crippen molar-refractivity contribution in [3.8, 4) is 17.1 Å². The van der Waals surface area contributed by atoms with E-state index in [1.54, 1.807) is 6.07 Å². The van der Waals surface area contributed by atoms with Gasteiger partial charge in [0.1, 0.15) is 18.2 Å². The molecular weight excluding hydrogens is 500 g/mol. The number of ether oxygens (including phenoxy) is 1. The maximum absolute atomic E-state index is 15.7. The van der Waals surface area contributed by atoms with Crippen LogP contribution in [0.3, 0.4) is 0 Å². The minimum atomic E-state index is -1.05. The molecule has 1 spiro atoms. The molecule has 9 heteroatoms. The molecule has 1 atom stereocenters. The third-order valence-electron chi connectivity index (χ3n) is 8.43. The first-order chi connectivity index (χ1) is 18.8. The minimum absolute atomic E-state index is 0.134. The van der Waals surface area contributed by atoms with Crippen LogP contribution in [0.2, 0.25) is 0 Å². The summed E-state index contributed by atoms with van der Waals surface area (Å²) in [6, 6.07) is 9.92. The van der Waals surface area contributed by atoms with E-state index in [-0.39, 0.29) is 31.0 Å². The molecule has 1 saturated heterocycles. The number of fused-ring (bicyclic) bond motifs is 2. The highest BCUT2D eigenvalue weighted by atomic mass is 19.1. The van der Waals surface area contributed by atoms with Crippen LogP contribution in [0, 0.1) is 11.2 Å². The molecule has 0 unspecified atom stereocenters. The predicted octanol–water partition coefficient (Wildman–Crippen LogP) is 4.80. The third kappa shape index (κ3) is 5.20. The van der Waals surface area contributed by atoms with Crippen molar-refractivity contribution in [2.75, 3.05) is 38.6 Å². The lowest BCUT2D eigenvalue weighted by Crippen LogP contribution is -2.31. The van der Waals surface area contributed by atoms with Crippen LogP contribution in [0.5, 0.6) is 6.01 Å². The van der Waals surface area contributed by atoms with Crippen molar-refractivity contribution >= 4 is 22.6 Å². The maximum atomic E-state index is 15.7. The molecular formula is C30H33F2N5O2. The fourth-order valence-electron chi connectivity index (χ4n) is 5.98. The number of amides is 1. The molecule has 2 N–H and O–H groups in total. The van der Waals surface area contributed by atoms with Crippen LogP contribution < -0.4 is 15.4 Å². The van der Waals surface area contributed by atoms with Gasteiger partial charge in [-0.05, 0) is 86.4 Å². The second-order valence-corrected chi connectivity index (χ2v) is 11.2. The van der Waals surface area contributed by atoms with E-state index in [9.17, 15) is 9.18 Å². The standard InChI is InChI=1S/C30H33F2N5O2/c1-18(31)28(38)34-11-10-33-27-23-13-25(32)22(21-7-3-5-19-15-30(8-9-30)16-24(19)21)14-26(23)35-29(36-27)39-17-20-6-4-12-37(20)2/h3,5,7,13-14,20H,1,4,6,8-12,15-17H2,2H3,(H,34,38)(H,33,35,36)/t20-/m0/s1. The average Bonchev–Trinajstić information content (AvgIpc) is 3.36. The summed E-state index contributed by atoms with van der Waals surface area (Å²) in [4.78, 5) is 23.0. The number of anilines is 1. The van der Waals surface area contributed by atoms with Gasteiger partial charge < -0.3 is 20.3 Å². The molecule has 2 fully saturated rings. The number of carbonyl (C=O) groups excluding carboxylic acids is 1. The Balaban J connectivity index is 1.32. The molecule has 7 nitrogen and oxygen atoms in total. The van der Waals surface area contributed by atoms with Crippen molar-refractivity contribution in [3.63, 3.8) is 0 Å². The van der Waals surface area contributed by atoms with Gasteiger partial charge in [0.15, 0.2) is 5.83 Å². The Morgan fingerprint density at radius 2 is 2.05 bits per heavy atom. The van der Waals surface area contributed by atoms with Gasteiger partial charge in [-0.25, -0.2) is 8.78 Å². The highest BCUT2D eigenvalue weighted by Crippen LogP contribution is 2.57. The maximum Gasteiger partial charge on any atom is 0.318 e. The molecule has 0 bridgehead atoms. The zero-order chi connectivity index (χ0) is 27.1. The van der Waals surface area contributed by atoms with Gasteiger partial charge in [0, 0.05) is 30.1 Å². The Kier molecular flexibility index (Phi) is 6.71. The van der Waals surface area contributed by atoms with Crippen LogP contribution in [0.15, 0.2) is 42.7 Å². The van der Waals surface area contributed by atoms with Gasteiger partial charge >= 0.3 is 6.01 Å². The molecule has 204 valence electrons. The van der Waals surface area contributed by atoms with Gasteiger partial charge in [-0.2, -0.15) is 9.97 Å². The number of likely N-dealkylation sites (N-methyl/N-ethyl adjacent to an activating group) is 1. The molecule has 2 aromatic carbocycles. The van der Waals surface area contributed by atoms with Crippen LogP contribution in [-0.4, -0.2) is 60.1 Å². The second kappa shape index (κ2) is 10.2. The van der Waals surface area contributed by atoms with E-state index in [0.717, 1.165) is 37.8 Å². The Labute approximate surface area is 226 Å². The Morgan fingerprint density at radius 3 is 2.79 bits per heavy atom. The smallest absolute Gasteiger partial charge is 0.318 e. The summed E-state index contributed by atoms with van der Waals surface area (Å²) in [5.74, 6) is -1.87. The van der Waals surface area contributed by atoms with Gasteiger partial charge in [0.2, 0.25) is 0 Å². The van der Waals surface area contributed by atoms with Gasteiger partial charge in [0.25, 0.3) is 5.91 Å². The van der Waals surface area contributed by atoms with E-state index in [1.165, 1.54) is 30.0 Å². The van der Waals surface area contributed by atoms with Crippen molar-refractivity contribution in [1.82, 2.24) is 20.2 Å². The highest BCUT2D eigenvalue weighted by Gasteiger charge is 2.47. The SMILES string of the molecule is C=C(F)C(=O)NCCNc1nc(OC[C@@H]2CCCN2C)nc2cc(-c3cccc4c3CC3(CC3)C4)c(F)cc12. The zero-order valence-corrected chi connectivity index (χ0v) is 22.2. The van der Waals surface area contributed by atoms with Gasteiger partial charge in [-0.3, -0.25) is 4.79 Å². The van der Waals surface area contributed by atoms with Crippen LogP contribution in [0.1, 0.15) is 36.8 Å². The number of nitrogens with one attached hydrogen (secondary N) is 2. The number of rotatable bonds is 9. The topological polar surface area (TPSA) is 79.4 Å². The van der Waals surface area contributed by atoms with Crippen LogP contribution in [0.25, 0.3) is 22.0 Å². The van der Waals surface area contributed by atoms with Crippen LogP contribution in [-0.2, 0) is 17.6 Å². The van der Waals surface area contributed by atoms with E-state index in [0.29, 0.717) is 34.3 Å². The summed E-state index contributed by atoms with van der Waals surface area (Å²) in [5.41, 5.74) is 4.95. The molecule has 2 heterocycles. The summed E-state index contributed by atoms with van der Waals surface area (Å²) in [6.07, 6.45) is 6.71. The first-order valence-corrected chi connectivity index (χ1v) is 13.6. The van der Waals surface area contributed by atoms with Crippen LogP contribution >= 0.6 is 0 Å². The number of likely N-dealkylation sites (tertiary alicyclic amines) is 1. The minimum Gasteiger partial charge on any atom is -0.462 e. The number of carbonyl (C=O) groups is 1. The average molecular weight is 534 g/mol. The zero-order valence-electron chi connectivity index (χ0n) is 22.2. The summed E-state index contributed by atoms with van der Waals surface area (Å²) in [7, 11) is 2.08. The molecule has 1 aromatic heterocycles. The number of hydrogen-bond acceptors (Lipinski definition) is 6. The molecule has 3 aliphatic rings. The molecule has 0 radical (unpaired) electrons. The molecule has 1 amide bonds. The van der Waals surface area contributed by atoms with Crippen molar-refractivity contribution < 1.29 is 18.3 Å². The number of hydrogen-bond donors (Lipinski definition) is 2. The van der Waals surface area contributed by atoms with Crippen molar-refractivity contribution in [2.45, 2.75) is 44.6 Å². The van der Waals surface area contributed by atoms with Crippen molar-refractivity contribution in [3.05, 3.63) is 59.7 Å². The number of benzene rings is 2. The number of halogens is 2. The molecule has 6 rings (SSSR count). The largest absolute Gasteiger partial charge is 0.462 e. The fraction of sp³-hybridized carbons (Fsp3) is 0.433. The van der Waals surface area contributed by atoms with Crippen molar-refractivity contribution in [1.29, 1.82) is 0 Å². The fourth-order valence-corrected chi connectivity index (χ4v) is 5.98. The van der Waals surface area contributed by atoms with Crippen molar-refractivity contribution in [2.24, 2.45) is 5.41 Å². The lowest BCUT2D eigenvalue weighted by molar-refractivity contribution is -0.118. The Bertz CT molecular complexity index is 1460. The Morgan fingerprint density at radius 1 is 1.21 bits per heavy atom. The lowest BCUT2D eigenvalue weighted by Gasteiger charge is -2.19. The predicted molar refractivity (Wildman–Crippen MR) is 147 cm³/mol. The summed E-state index contributed by atoms with van der Waals surface area (Å²) in [6.45, 7) is 4.86. The molecule has 1 saturated carbocycles. The van der Waals surface area contributed by atoms with E-state index in [1.807, 2.05) is 12.1 Å². The van der Waals surface area contributed by atoms with E-state index < -0.39 is 11.7 Å². The first-order valence-electron chi connectivity index (χ1n) is 13.6. The first kappa shape index (κ1) is 25.7. The normalized spacial score (nSPS) is 19.3. The summed E-state index contributed by atoms with van der Waals surface area (Å²) >= 11 is 0. The second-order valence-electron chi connectivity index (χ2n) is 11.2. The summed E-state index contributed by atoms with van der Waals surface area (Å²) in [5, 5.41) is 6.07. The third-order valence-corrected chi connectivity index (χ3v) is 8.43. The van der Waals surface area contributed by atoms with Gasteiger partial charge in [-0.1, -0.05) is 24.8 Å². The summed E-state index contributed by atoms with van der Waals surface area (Å²) < 4.78 is 34.7. The Hall–Kier alpha value is -3.59. The number of nitrogens with zero attached hydrogens (tertiary/aromatic N) is 3. The number of aromatic nitrogens is 2. The van der Waals surface area contributed by atoms with E-state index in [2.05, 4.69) is 45.2 Å².